The molecule has 0 spiro atoms. The Morgan fingerprint density at radius 3 is 2.53 bits per heavy atom. The van der Waals surface area contributed by atoms with Gasteiger partial charge in [0.05, 0.1) is 12.0 Å². The van der Waals surface area contributed by atoms with Crippen molar-refractivity contribution in [3.8, 4) is 5.75 Å². The number of rotatable bonds is 6. The van der Waals surface area contributed by atoms with Crippen molar-refractivity contribution in [2.24, 2.45) is 0 Å². The molecule has 0 saturated carbocycles. The monoisotopic (exact) mass is 407 g/mol. The van der Waals surface area contributed by atoms with Crippen LogP contribution in [-0.2, 0) is 10.2 Å². The van der Waals surface area contributed by atoms with Crippen LogP contribution >= 0.6 is 0 Å². The molecule has 3 aromatic rings. The molecule has 2 heterocycles. The van der Waals surface area contributed by atoms with E-state index in [2.05, 4.69) is 27.6 Å². The van der Waals surface area contributed by atoms with E-state index in [9.17, 15) is 9.59 Å². The molecule has 156 valence electrons. The zero-order chi connectivity index (χ0) is 21.0. The molecule has 7 nitrogen and oxygen atoms in total. The van der Waals surface area contributed by atoms with E-state index >= 15 is 0 Å². The number of H-pyrrole nitrogens is 1. The highest BCUT2D eigenvalue weighted by atomic mass is 16.5. The van der Waals surface area contributed by atoms with Gasteiger partial charge in [0.2, 0.25) is 0 Å². The maximum absolute atomic E-state index is 13.0. The number of ether oxygens (including phenoxy) is 2. The number of carbonyl (C=O) groups is 1. The fourth-order valence-electron chi connectivity index (χ4n) is 4.02. The minimum absolute atomic E-state index is 0.221. The maximum Gasteiger partial charge on any atom is 0.272 e. The first-order valence-electron chi connectivity index (χ1n) is 10.2. The Morgan fingerprint density at radius 2 is 1.83 bits per heavy atom. The summed E-state index contributed by atoms with van der Waals surface area (Å²) in [6.45, 7) is 4.32. The normalized spacial score (nSPS) is 15.6. The zero-order valence-corrected chi connectivity index (χ0v) is 16.9. The lowest BCUT2D eigenvalue weighted by Crippen LogP contribution is -2.44. The molecule has 0 bridgehead atoms. The van der Waals surface area contributed by atoms with Crippen LogP contribution in [0.5, 0.6) is 5.75 Å². The van der Waals surface area contributed by atoms with E-state index in [0.29, 0.717) is 37.1 Å². The molecule has 1 aromatic heterocycles. The Kier molecular flexibility index (Phi) is 5.81. The summed E-state index contributed by atoms with van der Waals surface area (Å²) in [7, 11) is 0. The van der Waals surface area contributed by atoms with Gasteiger partial charge in [-0.15, -0.1) is 0 Å². The summed E-state index contributed by atoms with van der Waals surface area (Å²) in [4.78, 5) is 25.0. The van der Waals surface area contributed by atoms with E-state index in [0.717, 1.165) is 24.2 Å². The van der Waals surface area contributed by atoms with Gasteiger partial charge in [-0.25, -0.2) is 5.10 Å². The molecule has 2 aromatic carbocycles. The molecule has 1 aliphatic rings. The van der Waals surface area contributed by atoms with Gasteiger partial charge < -0.3 is 14.8 Å². The highest BCUT2D eigenvalue weighted by molar-refractivity contribution is 6.04. The Morgan fingerprint density at radius 1 is 1.13 bits per heavy atom. The van der Waals surface area contributed by atoms with Crippen LogP contribution in [0.15, 0.2) is 53.3 Å². The fourth-order valence-corrected chi connectivity index (χ4v) is 4.02. The lowest BCUT2D eigenvalue weighted by molar-refractivity contribution is 0.0486. The summed E-state index contributed by atoms with van der Waals surface area (Å²) in [5.41, 5.74) is 0.835. The summed E-state index contributed by atoms with van der Waals surface area (Å²) in [5.74, 6) is 0.524. The lowest BCUT2D eigenvalue weighted by atomic mass is 9.74. The number of aromatic nitrogens is 2. The molecule has 2 N–H and O–H groups in total. The van der Waals surface area contributed by atoms with Gasteiger partial charge in [0.15, 0.2) is 5.69 Å². The third-order valence-electron chi connectivity index (χ3n) is 5.73. The summed E-state index contributed by atoms with van der Waals surface area (Å²) in [6.07, 6.45) is 1.61. The summed E-state index contributed by atoms with van der Waals surface area (Å²) >= 11 is 0. The third-order valence-corrected chi connectivity index (χ3v) is 5.73. The highest BCUT2D eigenvalue weighted by Crippen LogP contribution is 2.35. The van der Waals surface area contributed by atoms with Crippen molar-refractivity contribution in [1.29, 1.82) is 0 Å². The summed E-state index contributed by atoms with van der Waals surface area (Å²) < 4.78 is 11.1. The first-order valence-corrected chi connectivity index (χ1v) is 10.2. The molecule has 0 aliphatic carbocycles. The molecule has 0 radical (unpaired) electrons. The number of aromatic amines is 1. The SMILES string of the molecule is CCOc1ccc(C2(CNC(=O)c3n[nH]c(=O)c4ccccc34)CCOCC2)cc1. The average Bonchev–Trinajstić information content (AvgIpc) is 2.79. The van der Waals surface area contributed by atoms with Crippen LogP contribution in [0.4, 0.5) is 0 Å². The number of nitrogens with one attached hydrogen (secondary N) is 2. The molecule has 4 rings (SSSR count). The number of benzene rings is 2. The van der Waals surface area contributed by atoms with E-state index in [1.165, 1.54) is 0 Å². The zero-order valence-electron chi connectivity index (χ0n) is 16.9. The molecule has 0 atom stereocenters. The van der Waals surface area contributed by atoms with Gasteiger partial charge in [-0.05, 0) is 43.5 Å². The molecular weight excluding hydrogens is 382 g/mol. The van der Waals surface area contributed by atoms with Crippen LogP contribution in [0.3, 0.4) is 0 Å². The molecular formula is C23H25N3O4. The van der Waals surface area contributed by atoms with E-state index in [-0.39, 0.29) is 22.6 Å². The van der Waals surface area contributed by atoms with Crippen LogP contribution in [0, 0.1) is 0 Å². The second-order valence-corrected chi connectivity index (χ2v) is 7.48. The van der Waals surface area contributed by atoms with Crippen molar-refractivity contribution in [3.63, 3.8) is 0 Å². The first-order chi connectivity index (χ1) is 14.6. The topological polar surface area (TPSA) is 93.3 Å². The highest BCUT2D eigenvalue weighted by Gasteiger charge is 2.35. The number of hydrogen-bond acceptors (Lipinski definition) is 5. The predicted octanol–water partition coefficient (Wildman–Crippen LogP) is 2.80. The smallest absolute Gasteiger partial charge is 0.272 e. The van der Waals surface area contributed by atoms with Crippen LogP contribution < -0.4 is 15.6 Å². The van der Waals surface area contributed by atoms with Crippen LogP contribution in [0.25, 0.3) is 10.8 Å². The molecule has 1 saturated heterocycles. The van der Waals surface area contributed by atoms with Gasteiger partial charge in [-0.2, -0.15) is 5.10 Å². The van der Waals surface area contributed by atoms with E-state index in [1.54, 1.807) is 24.3 Å². The quantitative estimate of drug-likeness (QED) is 0.655. The second-order valence-electron chi connectivity index (χ2n) is 7.48. The molecule has 1 aliphatic heterocycles. The minimum atomic E-state index is -0.308. The first kappa shape index (κ1) is 20.1. The van der Waals surface area contributed by atoms with Gasteiger partial charge in [0.25, 0.3) is 11.5 Å². The van der Waals surface area contributed by atoms with Crippen LogP contribution in [-0.4, -0.2) is 42.5 Å². The van der Waals surface area contributed by atoms with Gasteiger partial charge in [-0.1, -0.05) is 30.3 Å². The fraction of sp³-hybridized carbons (Fsp3) is 0.348. The number of carbonyl (C=O) groups excluding carboxylic acids is 1. The average molecular weight is 407 g/mol. The van der Waals surface area contributed by atoms with Crippen molar-refractivity contribution >= 4 is 16.7 Å². The van der Waals surface area contributed by atoms with Gasteiger partial charge >= 0.3 is 0 Å². The maximum atomic E-state index is 13.0. The van der Waals surface area contributed by atoms with Crippen molar-refractivity contribution in [2.45, 2.75) is 25.2 Å². The second kappa shape index (κ2) is 8.67. The molecule has 1 fully saturated rings. The largest absolute Gasteiger partial charge is 0.494 e. The lowest BCUT2D eigenvalue weighted by Gasteiger charge is -2.38. The Hall–Kier alpha value is -3.19. The van der Waals surface area contributed by atoms with Crippen molar-refractivity contribution < 1.29 is 14.3 Å². The predicted molar refractivity (Wildman–Crippen MR) is 114 cm³/mol. The number of amides is 1. The molecule has 7 heteroatoms. The molecule has 30 heavy (non-hydrogen) atoms. The van der Waals surface area contributed by atoms with Gasteiger partial charge in [-0.3, -0.25) is 9.59 Å². The summed E-state index contributed by atoms with van der Waals surface area (Å²) in [6, 6.07) is 15.0. The number of hydrogen-bond donors (Lipinski definition) is 2. The van der Waals surface area contributed by atoms with E-state index in [4.69, 9.17) is 9.47 Å². The number of fused-ring (bicyclic) bond motifs is 1. The Labute approximate surface area is 174 Å². The molecule has 0 unspecified atom stereocenters. The standard InChI is InChI=1S/C23H25N3O4/c1-2-30-17-9-7-16(8-10-17)23(11-13-29-14-12-23)15-24-22(28)20-18-5-3-4-6-19(18)21(27)26-25-20/h3-10H,2,11-15H2,1H3,(H,24,28)(H,26,27). The van der Waals surface area contributed by atoms with E-state index in [1.807, 2.05) is 19.1 Å². The minimum Gasteiger partial charge on any atom is -0.494 e. The molecule has 1 amide bonds. The van der Waals surface area contributed by atoms with Crippen molar-refractivity contribution in [3.05, 3.63) is 70.1 Å². The number of nitrogens with zero attached hydrogens (tertiary/aromatic N) is 1. The van der Waals surface area contributed by atoms with Gasteiger partial charge in [0.1, 0.15) is 5.75 Å². The van der Waals surface area contributed by atoms with Crippen LogP contribution in [0.2, 0.25) is 0 Å². The van der Waals surface area contributed by atoms with Crippen molar-refractivity contribution in [1.82, 2.24) is 15.5 Å². The van der Waals surface area contributed by atoms with E-state index < -0.39 is 0 Å². The Bertz CT molecular complexity index is 1090. The third kappa shape index (κ3) is 3.93. The van der Waals surface area contributed by atoms with Crippen molar-refractivity contribution in [2.75, 3.05) is 26.4 Å². The summed E-state index contributed by atoms with van der Waals surface area (Å²) in [5, 5.41) is 10.5. The van der Waals surface area contributed by atoms with Gasteiger partial charge in [0, 0.05) is 30.6 Å². The Balaban J connectivity index is 1.58. The van der Waals surface area contributed by atoms with Crippen LogP contribution in [0.1, 0.15) is 35.8 Å².